The predicted octanol–water partition coefficient (Wildman–Crippen LogP) is 1.83. The van der Waals surface area contributed by atoms with Gasteiger partial charge in [-0.15, -0.1) is 0 Å². The first-order valence-corrected chi connectivity index (χ1v) is 5.88. The van der Waals surface area contributed by atoms with Crippen molar-refractivity contribution in [2.75, 3.05) is 13.2 Å². The third-order valence-electron chi connectivity index (χ3n) is 3.04. The maximum Gasteiger partial charge on any atom is 0.323 e. The minimum Gasteiger partial charge on any atom is -0.465 e. The summed E-state index contributed by atoms with van der Waals surface area (Å²) in [7, 11) is 0. The van der Waals surface area contributed by atoms with Crippen LogP contribution < -0.4 is 5.32 Å². The molecule has 1 aromatic rings. The molecule has 0 bridgehead atoms. The molecule has 0 aromatic heterocycles. The topological polar surface area (TPSA) is 38.3 Å². The minimum absolute atomic E-state index is 0.00440. The second-order valence-corrected chi connectivity index (χ2v) is 4.13. The van der Waals surface area contributed by atoms with Crippen LogP contribution in [0.1, 0.15) is 24.8 Å². The van der Waals surface area contributed by atoms with Gasteiger partial charge in [0.25, 0.3) is 0 Å². The Kier molecular flexibility index (Phi) is 3.74. The zero-order valence-corrected chi connectivity index (χ0v) is 9.78. The number of nitrogens with one attached hydrogen (secondary N) is 1. The summed E-state index contributed by atoms with van der Waals surface area (Å²) in [6, 6.07) is 6.07. The average Bonchev–Trinajstić information content (AvgIpc) is 2.78. The lowest BCUT2D eigenvalue weighted by Gasteiger charge is -2.18. The van der Waals surface area contributed by atoms with Crippen LogP contribution in [-0.4, -0.2) is 25.2 Å². The molecule has 2 atom stereocenters. The van der Waals surface area contributed by atoms with Gasteiger partial charge in [0, 0.05) is 5.92 Å². The summed E-state index contributed by atoms with van der Waals surface area (Å²) < 4.78 is 18.2. The Morgan fingerprint density at radius 2 is 2.41 bits per heavy atom. The summed E-state index contributed by atoms with van der Waals surface area (Å²) in [5.74, 6) is -0.513. The third kappa shape index (κ3) is 2.64. The highest BCUT2D eigenvalue weighted by Gasteiger charge is 2.34. The number of hydrogen-bond donors (Lipinski definition) is 1. The Labute approximate surface area is 100.0 Å². The van der Waals surface area contributed by atoms with Crippen LogP contribution in [0.25, 0.3) is 0 Å². The fourth-order valence-corrected chi connectivity index (χ4v) is 2.28. The number of ether oxygens (including phenoxy) is 1. The number of halogens is 1. The lowest BCUT2D eigenvalue weighted by molar-refractivity contribution is -0.145. The quantitative estimate of drug-likeness (QED) is 0.815. The standard InChI is InChI=1S/C13H16FNO2/c1-2-17-13(16)12-11(6-7-15-12)9-4-3-5-10(14)8-9/h3-5,8,11-12,15H,2,6-7H2,1H3. The Hall–Kier alpha value is -1.42. The molecule has 1 saturated heterocycles. The van der Waals surface area contributed by atoms with Crippen LogP contribution in [0.2, 0.25) is 0 Å². The largest absolute Gasteiger partial charge is 0.465 e. The molecule has 0 radical (unpaired) electrons. The molecule has 1 fully saturated rings. The number of carbonyl (C=O) groups is 1. The Morgan fingerprint density at radius 1 is 1.59 bits per heavy atom. The summed E-state index contributed by atoms with van der Waals surface area (Å²) in [5.41, 5.74) is 0.855. The van der Waals surface area contributed by atoms with E-state index in [0.717, 1.165) is 18.5 Å². The van der Waals surface area contributed by atoms with Gasteiger partial charge in [0.15, 0.2) is 0 Å². The van der Waals surface area contributed by atoms with Gasteiger partial charge in [0.1, 0.15) is 11.9 Å². The number of benzene rings is 1. The molecule has 2 unspecified atom stereocenters. The van der Waals surface area contributed by atoms with E-state index in [1.165, 1.54) is 12.1 Å². The lowest BCUT2D eigenvalue weighted by atomic mass is 9.92. The smallest absolute Gasteiger partial charge is 0.323 e. The molecule has 1 heterocycles. The van der Waals surface area contributed by atoms with E-state index in [1.54, 1.807) is 13.0 Å². The Balaban J connectivity index is 2.17. The van der Waals surface area contributed by atoms with Crippen molar-refractivity contribution in [3.05, 3.63) is 35.6 Å². The maximum atomic E-state index is 13.2. The predicted molar refractivity (Wildman–Crippen MR) is 62.2 cm³/mol. The molecule has 3 nitrogen and oxygen atoms in total. The van der Waals surface area contributed by atoms with E-state index in [1.807, 2.05) is 6.07 Å². The van der Waals surface area contributed by atoms with Gasteiger partial charge in [0.2, 0.25) is 0 Å². The van der Waals surface area contributed by atoms with Gasteiger partial charge in [-0.2, -0.15) is 0 Å². The van der Waals surface area contributed by atoms with Gasteiger partial charge < -0.3 is 10.1 Å². The monoisotopic (exact) mass is 237 g/mol. The van der Waals surface area contributed by atoms with E-state index in [9.17, 15) is 9.18 Å². The molecule has 1 N–H and O–H groups in total. The second-order valence-electron chi connectivity index (χ2n) is 4.13. The fraction of sp³-hybridized carbons (Fsp3) is 0.462. The molecular weight excluding hydrogens is 221 g/mol. The van der Waals surface area contributed by atoms with Crippen LogP contribution in [0.3, 0.4) is 0 Å². The molecular formula is C13H16FNO2. The first kappa shape index (κ1) is 12.0. The second kappa shape index (κ2) is 5.27. The molecule has 1 aliphatic heterocycles. The van der Waals surface area contributed by atoms with Gasteiger partial charge in [-0.05, 0) is 37.6 Å². The van der Waals surface area contributed by atoms with Gasteiger partial charge in [-0.3, -0.25) is 4.79 Å². The molecule has 4 heteroatoms. The zero-order valence-electron chi connectivity index (χ0n) is 9.78. The molecule has 0 amide bonds. The summed E-state index contributed by atoms with van der Waals surface area (Å²) in [5, 5.41) is 3.11. The molecule has 2 rings (SSSR count). The van der Waals surface area contributed by atoms with E-state index in [-0.39, 0.29) is 23.7 Å². The minimum atomic E-state index is -0.350. The first-order chi connectivity index (χ1) is 8.22. The third-order valence-corrected chi connectivity index (χ3v) is 3.04. The highest BCUT2D eigenvalue weighted by atomic mass is 19.1. The van der Waals surface area contributed by atoms with Gasteiger partial charge >= 0.3 is 5.97 Å². The zero-order chi connectivity index (χ0) is 12.3. The molecule has 17 heavy (non-hydrogen) atoms. The normalized spacial score (nSPS) is 23.6. The molecule has 1 aromatic carbocycles. The van der Waals surface area contributed by atoms with Crippen LogP contribution in [-0.2, 0) is 9.53 Å². The molecule has 1 aliphatic rings. The van der Waals surface area contributed by atoms with Gasteiger partial charge in [0.05, 0.1) is 6.61 Å². The van der Waals surface area contributed by atoms with E-state index < -0.39 is 0 Å². The maximum absolute atomic E-state index is 13.2. The van der Waals surface area contributed by atoms with Crippen molar-refractivity contribution >= 4 is 5.97 Å². The van der Waals surface area contributed by atoms with Crippen molar-refractivity contribution in [2.24, 2.45) is 0 Å². The van der Waals surface area contributed by atoms with E-state index in [2.05, 4.69) is 5.32 Å². The molecule has 0 spiro atoms. The summed E-state index contributed by atoms with van der Waals surface area (Å²) in [6.07, 6.45) is 0.826. The van der Waals surface area contributed by atoms with Gasteiger partial charge in [-0.25, -0.2) is 4.39 Å². The first-order valence-electron chi connectivity index (χ1n) is 5.88. The van der Waals surface area contributed by atoms with Crippen molar-refractivity contribution in [1.29, 1.82) is 0 Å². The van der Waals surface area contributed by atoms with Crippen LogP contribution in [0, 0.1) is 5.82 Å². The van der Waals surface area contributed by atoms with Crippen molar-refractivity contribution in [3.63, 3.8) is 0 Å². The highest BCUT2D eigenvalue weighted by Crippen LogP contribution is 2.28. The van der Waals surface area contributed by atoms with Crippen molar-refractivity contribution in [2.45, 2.75) is 25.3 Å². The van der Waals surface area contributed by atoms with E-state index >= 15 is 0 Å². The van der Waals surface area contributed by atoms with Crippen LogP contribution >= 0.6 is 0 Å². The summed E-state index contributed by atoms with van der Waals surface area (Å²) >= 11 is 0. The van der Waals surface area contributed by atoms with Crippen molar-refractivity contribution < 1.29 is 13.9 Å². The van der Waals surface area contributed by atoms with Crippen LogP contribution in [0.4, 0.5) is 4.39 Å². The Morgan fingerprint density at radius 3 is 3.12 bits per heavy atom. The lowest BCUT2D eigenvalue weighted by Crippen LogP contribution is -2.36. The summed E-state index contributed by atoms with van der Waals surface area (Å²) in [6.45, 7) is 2.90. The van der Waals surface area contributed by atoms with Gasteiger partial charge in [-0.1, -0.05) is 12.1 Å². The van der Waals surface area contributed by atoms with E-state index in [0.29, 0.717) is 6.61 Å². The van der Waals surface area contributed by atoms with Crippen LogP contribution in [0.15, 0.2) is 24.3 Å². The van der Waals surface area contributed by atoms with E-state index in [4.69, 9.17) is 4.74 Å². The fourth-order valence-electron chi connectivity index (χ4n) is 2.28. The summed E-state index contributed by atoms with van der Waals surface area (Å²) in [4.78, 5) is 11.7. The van der Waals surface area contributed by atoms with Crippen molar-refractivity contribution in [3.8, 4) is 0 Å². The number of rotatable bonds is 3. The average molecular weight is 237 g/mol. The number of esters is 1. The molecule has 0 aliphatic carbocycles. The van der Waals surface area contributed by atoms with Crippen LogP contribution in [0.5, 0.6) is 0 Å². The number of carbonyl (C=O) groups excluding carboxylic acids is 1. The highest BCUT2D eigenvalue weighted by molar-refractivity contribution is 5.77. The molecule has 0 saturated carbocycles. The SMILES string of the molecule is CCOC(=O)C1NCCC1c1cccc(F)c1. The van der Waals surface area contributed by atoms with Crippen molar-refractivity contribution in [1.82, 2.24) is 5.32 Å². The molecule has 92 valence electrons. The number of hydrogen-bond acceptors (Lipinski definition) is 3. The Bertz CT molecular complexity index is 408.